The van der Waals surface area contributed by atoms with E-state index in [4.69, 9.17) is 44.8 Å². The number of aryl methyl sites for hydroxylation is 2. The fraction of sp³-hybridized carbons (Fsp3) is 0.456. The van der Waals surface area contributed by atoms with Crippen molar-refractivity contribution in [3.05, 3.63) is 123 Å². The number of nitrogens with one attached hydrogen (secondary N) is 3. The van der Waals surface area contributed by atoms with Crippen LogP contribution in [0.3, 0.4) is 0 Å². The van der Waals surface area contributed by atoms with E-state index in [9.17, 15) is 38.7 Å². The van der Waals surface area contributed by atoms with Gasteiger partial charge in [0.1, 0.15) is 46.4 Å². The summed E-state index contributed by atoms with van der Waals surface area (Å²) in [6, 6.07) is 14.3. The van der Waals surface area contributed by atoms with E-state index >= 15 is 0 Å². The smallest absolute Gasteiger partial charge is 0.409 e. The van der Waals surface area contributed by atoms with Crippen molar-refractivity contribution in [2.45, 2.75) is 114 Å². The fourth-order valence-corrected chi connectivity index (χ4v) is 11.0. The number of methoxy groups -OCH3 is 2. The maximum absolute atomic E-state index is 14.4. The monoisotopic (exact) mass is 1140 g/mol. The van der Waals surface area contributed by atoms with E-state index < -0.39 is 89.3 Å². The van der Waals surface area contributed by atoms with Crippen LogP contribution in [0.15, 0.2) is 84.6 Å². The number of nitrogens with zero attached hydrogens (tertiary/aromatic N) is 5. The van der Waals surface area contributed by atoms with Crippen LogP contribution in [0.5, 0.6) is 5.75 Å². The number of esters is 1. The molecule has 0 unspecified atom stereocenters. The third-order valence-corrected chi connectivity index (χ3v) is 15.6. The van der Waals surface area contributed by atoms with E-state index in [0.29, 0.717) is 48.7 Å². The summed E-state index contributed by atoms with van der Waals surface area (Å²) in [5.41, 5.74) is 1.55. The van der Waals surface area contributed by atoms with Crippen LogP contribution in [0.4, 0.5) is 16.2 Å². The maximum Gasteiger partial charge on any atom is 0.409 e. The Morgan fingerprint density at radius 1 is 1.01 bits per heavy atom. The lowest BCUT2D eigenvalue weighted by molar-refractivity contribution is -0.142. The Morgan fingerprint density at radius 3 is 2.54 bits per heavy atom. The van der Waals surface area contributed by atoms with Crippen molar-refractivity contribution in [1.82, 2.24) is 30.5 Å². The Kier molecular flexibility index (Phi) is 17.7. The molecule has 0 radical (unpaired) electrons. The number of fused-ring (bicyclic) bond motifs is 6. The van der Waals surface area contributed by atoms with Crippen molar-refractivity contribution in [2.75, 3.05) is 57.8 Å². The molecule has 1 aromatic heterocycles. The van der Waals surface area contributed by atoms with Crippen molar-refractivity contribution in [2.24, 2.45) is 5.92 Å². The molecule has 0 aliphatic carbocycles. The molecule has 3 fully saturated rings. The van der Waals surface area contributed by atoms with Crippen LogP contribution in [0.2, 0.25) is 5.02 Å². The molecule has 4 bridgehead atoms. The number of anilines is 2. The predicted molar refractivity (Wildman–Crippen MR) is 290 cm³/mol. The van der Waals surface area contributed by atoms with Gasteiger partial charge in [-0.1, -0.05) is 65.7 Å². The average molecular weight is 1140 g/mol. The van der Waals surface area contributed by atoms with Gasteiger partial charge in [-0.15, -0.1) is 5.10 Å². The van der Waals surface area contributed by atoms with Gasteiger partial charge in [-0.25, -0.2) is 9.59 Å². The fourth-order valence-electron chi connectivity index (χ4n) is 10.7. The van der Waals surface area contributed by atoms with Gasteiger partial charge < -0.3 is 48.5 Å². The molecule has 23 nitrogen and oxygen atoms in total. The minimum atomic E-state index is -1.85. The second kappa shape index (κ2) is 24.7. The lowest BCUT2D eigenvalue weighted by atomic mass is 9.83. The number of halogens is 1. The Balaban J connectivity index is 0.774. The van der Waals surface area contributed by atoms with Crippen LogP contribution >= 0.6 is 11.6 Å². The second-order valence-electron chi connectivity index (χ2n) is 20.9. The SMILES string of the molecule is COc1cc2cc(c1Cl)N(C)C(=O)C[C@H](OC(=O)c1ccc(CCn3cc(COCCOCCNc4cccc5c4C(=O)N([C@@H]4CCC(=O)NC4=O)C5=O)nn3)cc1)[C@]1(C)O[C@H]1[C@H](C)[C@@H]1C[C@@](O)(NC(=O)O1)[C@H](OC)/C=C/C=C(\C)C2. The first-order valence-corrected chi connectivity index (χ1v) is 27.0. The highest BCUT2D eigenvalue weighted by molar-refractivity contribution is 6.35. The topological polar surface area (TPSA) is 281 Å². The number of allylic oxidation sites excluding steroid dienone is 3. The van der Waals surface area contributed by atoms with Gasteiger partial charge in [0.25, 0.3) is 11.8 Å². The molecule has 9 rings (SSSR count). The molecule has 3 saturated heterocycles. The quantitative estimate of drug-likeness (QED) is 0.0475. The zero-order valence-electron chi connectivity index (χ0n) is 45.7. The van der Waals surface area contributed by atoms with E-state index in [1.165, 1.54) is 25.2 Å². The molecule has 4 aromatic rings. The molecule has 6 heterocycles. The summed E-state index contributed by atoms with van der Waals surface area (Å²) in [6.45, 7) is 7.25. The van der Waals surface area contributed by atoms with Gasteiger partial charge >= 0.3 is 12.1 Å². The first kappa shape index (κ1) is 58.1. The third kappa shape index (κ3) is 12.8. The molecule has 430 valence electrons. The van der Waals surface area contributed by atoms with Crippen LogP contribution in [-0.2, 0) is 68.8 Å². The van der Waals surface area contributed by atoms with E-state index in [-0.39, 0.29) is 73.8 Å². The Labute approximate surface area is 472 Å². The van der Waals surface area contributed by atoms with Crippen molar-refractivity contribution in [3.8, 4) is 5.75 Å². The number of amides is 6. The maximum atomic E-state index is 14.4. The summed E-state index contributed by atoms with van der Waals surface area (Å²) >= 11 is 6.84. The Bertz CT molecular complexity index is 3150. The summed E-state index contributed by atoms with van der Waals surface area (Å²) in [4.78, 5) is 94.4. The molecular weight excluding hydrogens is 1070 g/mol. The number of carbonyl (C=O) groups is 7. The molecular formula is C57H65ClN8O15. The van der Waals surface area contributed by atoms with Gasteiger partial charge in [-0.05, 0) is 80.6 Å². The van der Waals surface area contributed by atoms with Crippen LogP contribution in [-0.4, -0.2) is 156 Å². The number of carbonyl (C=O) groups excluding carboxylic acids is 7. The van der Waals surface area contributed by atoms with E-state index in [1.54, 1.807) is 85.5 Å². The summed E-state index contributed by atoms with van der Waals surface area (Å²) in [5, 5.41) is 28.4. The van der Waals surface area contributed by atoms with E-state index in [1.807, 2.05) is 19.9 Å². The van der Waals surface area contributed by atoms with E-state index in [2.05, 4.69) is 26.3 Å². The van der Waals surface area contributed by atoms with E-state index in [0.717, 1.165) is 21.6 Å². The van der Waals surface area contributed by atoms with Crippen LogP contribution in [0, 0.1) is 5.92 Å². The summed E-state index contributed by atoms with van der Waals surface area (Å²) in [6.07, 6.45) is 3.27. The molecule has 5 aliphatic heterocycles. The normalized spacial score (nSPS) is 26.8. The van der Waals surface area contributed by atoms with Crippen LogP contribution < -0.4 is 25.6 Å². The first-order valence-electron chi connectivity index (χ1n) is 26.6. The highest BCUT2D eigenvalue weighted by atomic mass is 35.5. The number of hydrogen-bond donors (Lipinski definition) is 4. The summed E-state index contributed by atoms with van der Waals surface area (Å²) in [7, 11) is 4.51. The van der Waals surface area contributed by atoms with Crippen molar-refractivity contribution in [3.63, 3.8) is 0 Å². The lowest BCUT2D eigenvalue weighted by Gasteiger charge is -2.42. The molecule has 4 N–H and O–H groups in total. The van der Waals surface area contributed by atoms with Crippen molar-refractivity contribution >= 4 is 64.6 Å². The average Bonchev–Trinajstić information content (AvgIpc) is 4.04. The van der Waals surface area contributed by atoms with Crippen molar-refractivity contribution < 1.29 is 71.8 Å². The summed E-state index contributed by atoms with van der Waals surface area (Å²) in [5.74, 6) is -3.60. The predicted octanol–water partition coefficient (Wildman–Crippen LogP) is 4.86. The van der Waals surface area contributed by atoms with Crippen LogP contribution in [0.1, 0.15) is 94.3 Å². The standard InChI is InChI=1S/C57H65ClN8O15/c1-32-9-7-12-44(76-6)57(74)29-43(79-55(73)61-57)33(2)50-56(3,81-50)45(28-47(68)64(4)41-26-35(25-32)27-42(75-5)49(41)58)80-54(72)36-15-13-34(14-16-36)19-21-65-30-37(62-63-65)31-78-24-23-77-22-20-59-39-11-8-10-38-48(39)53(71)66(52(38)70)40-17-18-46(67)60-51(40)69/h7-16,26-27,30,33,40,43-45,50,59,74H,17-25,28-29,31H2,1-6H3,(H,61,73)(H,60,67,69)/b12-7+,32-9+/t33-,40-,43+,44-,45+,50+,56+,57+/m1/s1. The Morgan fingerprint density at radius 2 is 1.79 bits per heavy atom. The largest absolute Gasteiger partial charge is 0.495 e. The second-order valence-corrected chi connectivity index (χ2v) is 21.3. The number of ether oxygens (including phenoxy) is 7. The first-order chi connectivity index (χ1) is 38.8. The van der Waals surface area contributed by atoms with Gasteiger partial charge in [0.05, 0.1) is 74.6 Å². The van der Waals surface area contributed by atoms with Gasteiger partial charge in [-0.3, -0.25) is 44.2 Å². The van der Waals surface area contributed by atoms with Gasteiger partial charge in [0.2, 0.25) is 17.7 Å². The number of piperidine rings is 1. The number of imide groups is 2. The number of epoxide rings is 1. The zero-order valence-corrected chi connectivity index (χ0v) is 46.5. The number of benzene rings is 3. The molecule has 81 heavy (non-hydrogen) atoms. The summed E-state index contributed by atoms with van der Waals surface area (Å²) < 4.78 is 42.7. The number of hydrogen-bond acceptors (Lipinski definition) is 18. The number of aromatic nitrogens is 3. The highest BCUT2D eigenvalue weighted by Crippen LogP contribution is 2.49. The number of alkyl carbamates (subject to hydrolysis) is 1. The minimum absolute atomic E-state index is 0.0327. The minimum Gasteiger partial charge on any atom is -0.495 e. The number of rotatable bonds is 17. The number of aliphatic hydroxyl groups is 1. The molecule has 0 spiro atoms. The molecule has 0 saturated carbocycles. The highest BCUT2D eigenvalue weighted by Gasteiger charge is 2.64. The Hall–Kier alpha value is -7.54. The van der Waals surface area contributed by atoms with Gasteiger partial charge in [-0.2, -0.15) is 0 Å². The lowest BCUT2D eigenvalue weighted by Crippen LogP contribution is -2.63. The molecule has 24 heteroatoms. The molecule has 6 amide bonds. The molecule has 8 atom stereocenters. The van der Waals surface area contributed by atoms with Crippen LogP contribution in [0.25, 0.3) is 0 Å². The third-order valence-electron chi connectivity index (χ3n) is 15.3. The molecule has 5 aliphatic rings. The van der Waals surface area contributed by atoms with Gasteiger partial charge in [0, 0.05) is 51.7 Å². The van der Waals surface area contributed by atoms with Crippen molar-refractivity contribution in [1.29, 1.82) is 0 Å². The molecule has 3 aromatic carbocycles. The van der Waals surface area contributed by atoms with Gasteiger partial charge in [0.15, 0.2) is 5.72 Å². The zero-order chi connectivity index (χ0) is 57.8.